The number of methoxy groups -OCH3 is 1. The van der Waals surface area contributed by atoms with Crippen LogP contribution in [0.15, 0.2) is 42.9 Å². The van der Waals surface area contributed by atoms with Crippen molar-refractivity contribution >= 4 is 23.5 Å². The molecule has 1 aliphatic heterocycles. The zero-order valence-corrected chi connectivity index (χ0v) is 13.9. The molecule has 0 aliphatic carbocycles. The molecule has 2 amide bonds. The number of nitrogens with zero attached hydrogens (tertiary/aromatic N) is 4. The molecule has 1 aromatic carbocycles. The third kappa shape index (κ3) is 3.85. The summed E-state index contributed by atoms with van der Waals surface area (Å²) >= 11 is 0. The van der Waals surface area contributed by atoms with Crippen LogP contribution in [0.3, 0.4) is 0 Å². The van der Waals surface area contributed by atoms with Crippen LogP contribution in [-0.2, 0) is 4.74 Å². The zero-order valence-electron chi connectivity index (χ0n) is 13.9. The fourth-order valence-electron chi connectivity index (χ4n) is 2.67. The highest BCUT2D eigenvalue weighted by Gasteiger charge is 2.23. The van der Waals surface area contributed by atoms with E-state index in [-0.39, 0.29) is 6.03 Å². The Hall–Kier alpha value is -3.16. The average Bonchev–Trinajstić information content (AvgIpc) is 2.68. The zero-order chi connectivity index (χ0) is 17.6. The topological polar surface area (TPSA) is 87.7 Å². The second-order valence-corrected chi connectivity index (χ2v) is 5.51. The summed E-state index contributed by atoms with van der Waals surface area (Å²) in [5, 5.41) is 2.79. The van der Waals surface area contributed by atoms with Crippen molar-refractivity contribution in [2.24, 2.45) is 0 Å². The van der Waals surface area contributed by atoms with E-state index in [9.17, 15) is 9.59 Å². The van der Waals surface area contributed by atoms with Gasteiger partial charge in [0.25, 0.3) is 0 Å². The number of amides is 2. The number of carbonyl (C=O) groups is 2. The van der Waals surface area contributed by atoms with Gasteiger partial charge in [-0.05, 0) is 12.1 Å². The molecule has 0 radical (unpaired) electrons. The minimum absolute atomic E-state index is 0.241. The van der Waals surface area contributed by atoms with Gasteiger partial charge in [-0.3, -0.25) is 4.98 Å². The summed E-state index contributed by atoms with van der Waals surface area (Å²) in [6.45, 7) is 2.46. The Morgan fingerprint density at radius 3 is 2.56 bits per heavy atom. The molecule has 2 heterocycles. The highest BCUT2D eigenvalue weighted by Crippen LogP contribution is 2.18. The first kappa shape index (κ1) is 16.7. The molecule has 0 bridgehead atoms. The van der Waals surface area contributed by atoms with Crippen molar-refractivity contribution in [1.82, 2.24) is 14.9 Å². The van der Waals surface area contributed by atoms with E-state index >= 15 is 0 Å². The second-order valence-electron chi connectivity index (χ2n) is 5.51. The van der Waals surface area contributed by atoms with Gasteiger partial charge in [-0.25, -0.2) is 14.6 Å². The predicted molar refractivity (Wildman–Crippen MR) is 92.6 cm³/mol. The number of hydrogen-bond acceptors (Lipinski definition) is 6. The van der Waals surface area contributed by atoms with Gasteiger partial charge >= 0.3 is 12.0 Å². The van der Waals surface area contributed by atoms with Gasteiger partial charge in [0.05, 0.1) is 24.6 Å². The Balaban J connectivity index is 1.61. The number of hydrogen-bond donors (Lipinski definition) is 1. The Morgan fingerprint density at radius 1 is 1.12 bits per heavy atom. The summed E-state index contributed by atoms with van der Waals surface area (Å²) in [6, 6.07) is 6.54. The molecular formula is C17H19N5O3. The molecule has 1 fully saturated rings. The summed E-state index contributed by atoms with van der Waals surface area (Å²) in [5.74, 6) is 0.321. The lowest BCUT2D eigenvalue weighted by atomic mass is 10.2. The Morgan fingerprint density at radius 2 is 1.88 bits per heavy atom. The molecule has 8 heteroatoms. The largest absolute Gasteiger partial charge is 0.465 e. The van der Waals surface area contributed by atoms with E-state index in [0.717, 1.165) is 5.82 Å². The first-order chi connectivity index (χ1) is 12.2. The van der Waals surface area contributed by atoms with Gasteiger partial charge in [0.2, 0.25) is 0 Å². The number of urea groups is 1. The fraction of sp³-hybridized carbons (Fsp3) is 0.294. The summed E-state index contributed by atoms with van der Waals surface area (Å²) in [7, 11) is 1.31. The van der Waals surface area contributed by atoms with Crippen molar-refractivity contribution in [3.05, 3.63) is 48.4 Å². The molecule has 0 atom stereocenters. The van der Waals surface area contributed by atoms with Crippen molar-refractivity contribution in [3.63, 3.8) is 0 Å². The average molecular weight is 341 g/mol. The van der Waals surface area contributed by atoms with Crippen LogP contribution in [0.4, 0.5) is 16.3 Å². The van der Waals surface area contributed by atoms with E-state index < -0.39 is 5.97 Å². The highest BCUT2D eigenvalue weighted by atomic mass is 16.5. The SMILES string of the molecule is COC(=O)c1ccccc1NC(=O)N1CCN(c2cnccn2)CC1. The molecule has 1 aliphatic rings. The van der Waals surface area contributed by atoms with Crippen molar-refractivity contribution in [2.75, 3.05) is 43.5 Å². The minimum atomic E-state index is -0.483. The summed E-state index contributed by atoms with van der Waals surface area (Å²) in [5.41, 5.74) is 0.771. The quantitative estimate of drug-likeness (QED) is 0.854. The van der Waals surface area contributed by atoms with E-state index in [0.29, 0.717) is 37.4 Å². The van der Waals surface area contributed by atoms with Crippen LogP contribution in [0.2, 0.25) is 0 Å². The monoisotopic (exact) mass is 341 g/mol. The van der Waals surface area contributed by atoms with Crippen molar-refractivity contribution < 1.29 is 14.3 Å². The van der Waals surface area contributed by atoms with Crippen LogP contribution in [0, 0.1) is 0 Å². The molecule has 1 aromatic heterocycles. The van der Waals surface area contributed by atoms with Crippen molar-refractivity contribution in [2.45, 2.75) is 0 Å². The molecular weight excluding hydrogens is 322 g/mol. The fourth-order valence-corrected chi connectivity index (χ4v) is 2.67. The number of piperazine rings is 1. The van der Waals surface area contributed by atoms with Crippen molar-refractivity contribution in [1.29, 1.82) is 0 Å². The van der Waals surface area contributed by atoms with E-state index in [2.05, 4.69) is 20.2 Å². The third-order valence-corrected chi connectivity index (χ3v) is 4.01. The third-order valence-electron chi connectivity index (χ3n) is 4.01. The molecule has 2 aromatic rings. The molecule has 3 rings (SSSR count). The van der Waals surface area contributed by atoms with Crippen LogP contribution < -0.4 is 10.2 Å². The molecule has 8 nitrogen and oxygen atoms in total. The maximum absolute atomic E-state index is 12.5. The number of anilines is 2. The van der Waals surface area contributed by atoms with Crippen LogP contribution in [0.25, 0.3) is 0 Å². The van der Waals surface area contributed by atoms with Gasteiger partial charge < -0.3 is 19.9 Å². The normalized spacial score (nSPS) is 14.1. The predicted octanol–water partition coefficient (Wildman–Crippen LogP) is 1.62. The molecule has 25 heavy (non-hydrogen) atoms. The molecule has 0 spiro atoms. The Labute approximate surface area is 145 Å². The molecule has 0 saturated carbocycles. The van der Waals surface area contributed by atoms with Crippen molar-refractivity contribution in [3.8, 4) is 0 Å². The van der Waals surface area contributed by atoms with E-state index in [1.54, 1.807) is 47.8 Å². The molecule has 1 N–H and O–H groups in total. The summed E-state index contributed by atoms with van der Waals surface area (Å²) < 4.78 is 4.74. The lowest BCUT2D eigenvalue weighted by molar-refractivity contribution is 0.0602. The number of carbonyl (C=O) groups excluding carboxylic acids is 2. The molecule has 1 saturated heterocycles. The van der Waals surface area contributed by atoms with E-state index in [4.69, 9.17) is 4.74 Å². The van der Waals surface area contributed by atoms with Gasteiger partial charge in [-0.15, -0.1) is 0 Å². The van der Waals surface area contributed by atoms with Gasteiger partial charge in [0.15, 0.2) is 0 Å². The van der Waals surface area contributed by atoms with Gasteiger partial charge in [-0.1, -0.05) is 12.1 Å². The number of esters is 1. The van der Waals surface area contributed by atoms with Gasteiger partial charge in [0.1, 0.15) is 5.82 Å². The van der Waals surface area contributed by atoms with Gasteiger partial charge in [-0.2, -0.15) is 0 Å². The van der Waals surface area contributed by atoms with Crippen LogP contribution in [0.5, 0.6) is 0 Å². The number of ether oxygens (including phenoxy) is 1. The van der Waals surface area contributed by atoms with Crippen LogP contribution >= 0.6 is 0 Å². The standard InChI is InChI=1S/C17H19N5O3/c1-25-16(23)13-4-2-3-5-14(13)20-17(24)22-10-8-21(9-11-22)15-12-18-6-7-19-15/h2-7,12H,8-11H2,1H3,(H,20,24). The second kappa shape index (κ2) is 7.61. The van der Waals surface area contributed by atoms with E-state index in [1.807, 2.05) is 0 Å². The van der Waals surface area contributed by atoms with E-state index in [1.165, 1.54) is 7.11 Å². The number of aromatic nitrogens is 2. The smallest absolute Gasteiger partial charge is 0.339 e. The minimum Gasteiger partial charge on any atom is -0.465 e. The maximum atomic E-state index is 12.5. The lowest BCUT2D eigenvalue weighted by Crippen LogP contribution is -2.50. The summed E-state index contributed by atoms with van der Waals surface area (Å²) in [4.78, 5) is 36.4. The number of benzene rings is 1. The number of rotatable bonds is 3. The highest BCUT2D eigenvalue weighted by molar-refractivity contribution is 6.00. The van der Waals surface area contributed by atoms with Crippen LogP contribution in [-0.4, -0.2) is 60.2 Å². The Kier molecular flexibility index (Phi) is 5.08. The number of para-hydroxylation sites is 1. The Bertz CT molecular complexity index is 745. The number of nitrogens with one attached hydrogen (secondary N) is 1. The molecule has 0 unspecified atom stereocenters. The first-order valence-corrected chi connectivity index (χ1v) is 7.93. The maximum Gasteiger partial charge on any atom is 0.339 e. The first-order valence-electron chi connectivity index (χ1n) is 7.93. The lowest BCUT2D eigenvalue weighted by Gasteiger charge is -2.35. The van der Waals surface area contributed by atoms with Gasteiger partial charge in [0, 0.05) is 38.6 Å². The molecule has 130 valence electrons. The van der Waals surface area contributed by atoms with Crippen LogP contribution in [0.1, 0.15) is 10.4 Å². The summed E-state index contributed by atoms with van der Waals surface area (Å²) in [6.07, 6.45) is 4.99.